The number of rotatable bonds is 2. The number of nitrogens with zero attached hydrogens (tertiary/aromatic N) is 3. The molecule has 0 unspecified atom stereocenters. The summed E-state index contributed by atoms with van der Waals surface area (Å²) < 4.78 is 7.18. The molecule has 0 spiro atoms. The van der Waals surface area contributed by atoms with Crippen molar-refractivity contribution >= 4 is 5.52 Å². The van der Waals surface area contributed by atoms with Crippen molar-refractivity contribution in [1.82, 2.24) is 24.9 Å². The second kappa shape index (κ2) is 5.48. The normalized spacial score (nSPS) is 26.8. The Bertz CT molecular complexity index is 731. The van der Waals surface area contributed by atoms with E-state index in [0.717, 1.165) is 50.8 Å². The Morgan fingerprint density at radius 2 is 2.14 bits per heavy atom. The molecule has 2 fully saturated rings. The monoisotopic (exact) mass is 303 g/mol. The number of nitrogens with one attached hydrogen (secondary N) is 2. The number of hydrogen-bond donors (Lipinski definition) is 2. The van der Waals surface area contributed by atoms with E-state index in [9.17, 15) is 4.79 Å². The maximum absolute atomic E-state index is 12.4. The van der Waals surface area contributed by atoms with Crippen LogP contribution in [0.3, 0.4) is 0 Å². The highest BCUT2D eigenvalue weighted by molar-refractivity contribution is 5.42. The highest BCUT2D eigenvalue weighted by atomic mass is 16.5. The highest BCUT2D eigenvalue weighted by Gasteiger charge is 2.28. The maximum Gasteiger partial charge on any atom is 0.276 e. The molecule has 2 N–H and O–H groups in total. The molecule has 7 heteroatoms. The summed E-state index contributed by atoms with van der Waals surface area (Å²) in [5, 5.41) is 8.08. The van der Waals surface area contributed by atoms with Gasteiger partial charge in [-0.15, -0.1) is 0 Å². The minimum atomic E-state index is -0.102. The lowest BCUT2D eigenvalue weighted by molar-refractivity contribution is 0.0832. The first kappa shape index (κ1) is 13.9. The quantitative estimate of drug-likeness (QED) is 0.850. The van der Waals surface area contributed by atoms with Crippen LogP contribution in [0.5, 0.6) is 0 Å². The summed E-state index contributed by atoms with van der Waals surface area (Å²) >= 11 is 0. The number of ether oxygens (including phenoxy) is 1. The van der Waals surface area contributed by atoms with Gasteiger partial charge in [0.1, 0.15) is 11.6 Å². The number of imidazole rings is 1. The van der Waals surface area contributed by atoms with Gasteiger partial charge in [-0.25, -0.2) is 9.50 Å². The summed E-state index contributed by atoms with van der Waals surface area (Å²) in [6, 6.07) is 0. The van der Waals surface area contributed by atoms with Crippen LogP contribution >= 0.6 is 0 Å². The molecule has 0 radical (unpaired) electrons. The fourth-order valence-electron chi connectivity index (χ4n) is 3.51. The highest BCUT2D eigenvalue weighted by Crippen LogP contribution is 2.27. The van der Waals surface area contributed by atoms with Crippen molar-refractivity contribution in [3.8, 4) is 0 Å². The summed E-state index contributed by atoms with van der Waals surface area (Å²) in [5.41, 5.74) is 0.429. The van der Waals surface area contributed by atoms with E-state index in [1.807, 2.05) is 0 Å². The molecule has 4 rings (SSSR count). The molecule has 0 amide bonds. The molecule has 4 heterocycles. The third kappa shape index (κ3) is 2.24. The maximum atomic E-state index is 12.4. The minimum absolute atomic E-state index is 0.102. The van der Waals surface area contributed by atoms with Gasteiger partial charge in [0.05, 0.1) is 6.20 Å². The van der Waals surface area contributed by atoms with Crippen LogP contribution in [0.4, 0.5) is 0 Å². The third-order valence-electron chi connectivity index (χ3n) is 4.90. The molecule has 2 aliphatic rings. The van der Waals surface area contributed by atoms with Crippen molar-refractivity contribution in [2.24, 2.45) is 5.92 Å². The van der Waals surface area contributed by atoms with Gasteiger partial charge < -0.3 is 15.0 Å². The minimum Gasteiger partial charge on any atom is -0.381 e. The van der Waals surface area contributed by atoms with Gasteiger partial charge in [-0.2, -0.15) is 5.10 Å². The lowest BCUT2D eigenvalue weighted by Crippen LogP contribution is -2.23. The Labute approximate surface area is 128 Å². The van der Waals surface area contributed by atoms with Crippen LogP contribution in [-0.2, 0) is 4.74 Å². The lowest BCUT2D eigenvalue weighted by atomic mass is 9.97. The number of aromatic nitrogens is 4. The average Bonchev–Trinajstić information content (AvgIpc) is 3.14. The van der Waals surface area contributed by atoms with Crippen molar-refractivity contribution in [3.63, 3.8) is 0 Å². The van der Waals surface area contributed by atoms with Crippen LogP contribution in [0.1, 0.15) is 43.3 Å². The van der Waals surface area contributed by atoms with Crippen molar-refractivity contribution in [2.75, 3.05) is 26.3 Å². The van der Waals surface area contributed by atoms with E-state index < -0.39 is 0 Å². The molecule has 118 valence electrons. The molecule has 2 saturated heterocycles. The Morgan fingerprint density at radius 3 is 2.86 bits per heavy atom. The third-order valence-corrected chi connectivity index (χ3v) is 4.90. The van der Waals surface area contributed by atoms with Gasteiger partial charge in [0.15, 0.2) is 5.52 Å². The zero-order valence-corrected chi connectivity index (χ0v) is 12.7. The van der Waals surface area contributed by atoms with E-state index in [4.69, 9.17) is 9.84 Å². The van der Waals surface area contributed by atoms with Crippen LogP contribution in [0.2, 0.25) is 0 Å². The summed E-state index contributed by atoms with van der Waals surface area (Å²) in [5.74, 6) is 2.70. The van der Waals surface area contributed by atoms with E-state index in [0.29, 0.717) is 17.4 Å². The van der Waals surface area contributed by atoms with Crippen LogP contribution in [0, 0.1) is 5.92 Å². The van der Waals surface area contributed by atoms with Gasteiger partial charge in [-0.1, -0.05) is 6.92 Å². The fourth-order valence-corrected chi connectivity index (χ4v) is 3.51. The van der Waals surface area contributed by atoms with Crippen molar-refractivity contribution in [2.45, 2.75) is 31.6 Å². The SMILES string of the molecule is C[C@H]1CNC[C@@H]1c1nn2c(C3CCOCC3)ncc2c(=O)[nH]1. The first-order valence-corrected chi connectivity index (χ1v) is 8.00. The van der Waals surface area contributed by atoms with Gasteiger partial charge in [0, 0.05) is 31.6 Å². The predicted octanol–water partition coefficient (Wildman–Crippen LogP) is 0.634. The van der Waals surface area contributed by atoms with Crippen molar-refractivity contribution in [1.29, 1.82) is 0 Å². The van der Waals surface area contributed by atoms with Gasteiger partial charge in [-0.05, 0) is 25.3 Å². The second-order valence-electron chi connectivity index (χ2n) is 6.38. The number of hydrogen-bond acceptors (Lipinski definition) is 5. The van der Waals surface area contributed by atoms with Crippen LogP contribution in [0.25, 0.3) is 5.52 Å². The summed E-state index contributed by atoms with van der Waals surface area (Å²) in [4.78, 5) is 19.8. The number of fused-ring (bicyclic) bond motifs is 1. The number of H-pyrrole nitrogens is 1. The molecule has 0 aliphatic carbocycles. The fraction of sp³-hybridized carbons (Fsp3) is 0.667. The van der Waals surface area contributed by atoms with Crippen molar-refractivity contribution < 1.29 is 4.74 Å². The zero-order chi connectivity index (χ0) is 15.1. The Morgan fingerprint density at radius 1 is 1.32 bits per heavy atom. The van der Waals surface area contributed by atoms with Crippen LogP contribution in [0.15, 0.2) is 11.0 Å². The van der Waals surface area contributed by atoms with Crippen LogP contribution < -0.4 is 10.9 Å². The molecular weight excluding hydrogens is 282 g/mol. The Balaban J connectivity index is 1.79. The summed E-state index contributed by atoms with van der Waals surface area (Å²) in [7, 11) is 0. The molecule has 2 aromatic heterocycles. The van der Waals surface area contributed by atoms with Gasteiger partial charge in [-0.3, -0.25) is 4.79 Å². The predicted molar refractivity (Wildman–Crippen MR) is 81.2 cm³/mol. The van der Waals surface area contributed by atoms with Gasteiger partial charge >= 0.3 is 0 Å². The molecule has 2 aliphatic heterocycles. The van der Waals surface area contributed by atoms with Crippen LogP contribution in [-0.4, -0.2) is 45.9 Å². The van der Waals surface area contributed by atoms with E-state index >= 15 is 0 Å². The second-order valence-corrected chi connectivity index (χ2v) is 6.38. The molecule has 0 bridgehead atoms. The lowest BCUT2D eigenvalue weighted by Gasteiger charge is -2.21. The van der Waals surface area contributed by atoms with E-state index in [1.54, 1.807) is 10.7 Å². The summed E-state index contributed by atoms with van der Waals surface area (Å²) in [6.07, 6.45) is 3.51. The first-order chi connectivity index (χ1) is 10.7. The Hall–Kier alpha value is -1.73. The van der Waals surface area contributed by atoms with Gasteiger partial charge in [0.2, 0.25) is 0 Å². The molecule has 2 aromatic rings. The molecule has 2 atom stereocenters. The standard InChI is InChI=1S/C15H21N5O2/c1-9-6-16-7-11(9)13-18-15(21)12-8-17-14(20(12)19-13)10-2-4-22-5-3-10/h8-11,16H,2-7H2,1H3,(H,18,19,21)/t9-,11-/m0/s1. The molecule has 22 heavy (non-hydrogen) atoms. The van der Waals surface area contributed by atoms with Gasteiger partial charge in [0.25, 0.3) is 5.56 Å². The molecule has 7 nitrogen and oxygen atoms in total. The first-order valence-electron chi connectivity index (χ1n) is 8.00. The average molecular weight is 303 g/mol. The van der Waals surface area contributed by atoms with E-state index in [1.165, 1.54) is 0 Å². The van der Waals surface area contributed by atoms with E-state index in [2.05, 4.69) is 22.2 Å². The number of aromatic amines is 1. The topological polar surface area (TPSA) is 84.3 Å². The van der Waals surface area contributed by atoms with E-state index in [-0.39, 0.29) is 11.5 Å². The Kier molecular flexibility index (Phi) is 3.46. The largest absolute Gasteiger partial charge is 0.381 e. The molecule has 0 saturated carbocycles. The summed E-state index contributed by atoms with van der Waals surface area (Å²) in [6.45, 7) is 5.50. The smallest absolute Gasteiger partial charge is 0.276 e. The van der Waals surface area contributed by atoms with Crippen molar-refractivity contribution in [3.05, 3.63) is 28.2 Å². The molecule has 0 aromatic carbocycles. The zero-order valence-electron chi connectivity index (χ0n) is 12.7. The molecular formula is C15H21N5O2.